The van der Waals surface area contributed by atoms with Crippen LogP contribution in [0.1, 0.15) is 31.2 Å². The SMILES string of the molecule is O=C(NC[C@@H]1CCCO1)C1CCN(Cc2ccc(F)cc2)CC1. The molecule has 2 aliphatic rings. The van der Waals surface area contributed by atoms with Gasteiger partial charge in [-0.3, -0.25) is 9.69 Å². The van der Waals surface area contributed by atoms with Crippen LogP contribution in [0, 0.1) is 11.7 Å². The van der Waals surface area contributed by atoms with Gasteiger partial charge < -0.3 is 10.1 Å². The second-order valence-electron chi connectivity index (χ2n) is 6.56. The van der Waals surface area contributed by atoms with Crippen molar-refractivity contribution in [2.75, 3.05) is 26.2 Å². The average Bonchev–Trinajstić information content (AvgIpc) is 3.09. The van der Waals surface area contributed by atoms with Gasteiger partial charge in [-0.15, -0.1) is 0 Å². The molecule has 1 N–H and O–H groups in total. The van der Waals surface area contributed by atoms with E-state index in [0.29, 0.717) is 6.54 Å². The van der Waals surface area contributed by atoms with Gasteiger partial charge in [-0.2, -0.15) is 0 Å². The summed E-state index contributed by atoms with van der Waals surface area (Å²) in [5.74, 6) is 0.0816. The number of ether oxygens (including phenoxy) is 1. The van der Waals surface area contributed by atoms with E-state index < -0.39 is 0 Å². The van der Waals surface area contributed by atoms with Crippen molar-refractivity contribution in [2.45, 2.75) is 38.3 Å². The first kappa shape index (κ1) is 16.4. The zero-order chi connectivity index (χ0) is 16.1. The van der Waals surface area contributed by atoms with Crippen LogP contribution in [0.5, 0.6) is 0 Å². The van der Waals surface area contributed by atoms with Gasteiger partial charge in [0, 0.05) is 25.6 Å². The van der Waals surface area contributed by atoms with Crippen LogP contribution in [-0.4, -0.2) is 43.2 Å². The van der Waals surface area contributed by atoms with E-state index in [0.717, 1.165) is 57.5 Å². The number of hydrogen-bond donors (Lipinski definition) is 1. The lowest BCUT2D eigenvalue weighted by Gasteiger charge is -2.31. The molecule has 0 spiro atoms. The molecule has 0 saturated carbocycles. The van der Waals surface area contributed by atoms with Gasteiger partial charge in [0.2, 0.25) is 5.91 Å². The lowest BCUT2D eigenvalue weighted by atomic mass is 9.95. The predicted molar refractivity (Wildman–Crippen MR) is 86.4 cm³/mol. The fourth-order valence-electron chi connectivity index (χ4n) is 3.37. The Morgan fingerprint density at radius 1 is 1.22 bits per heavy atom. The molecule has 1 atom stereocenters. The third-order valence-electron chi connectivity index (χ3n) is 4.81. The molecular formula is C18H25FN2O2. The molecule has 0 unspecified atom stereocenters. The largest absolute Gasteiger partial charge is 0.376 e. The summed E-state index contributed by atoms with van der Waals surface area (Å²) in [7, 11) is 0. The molecular weight excluding hydrogens is 295 g/mol. The number of piperidine rings is 1. The summed E-state index contributed by atoms with van der Waals surface area (Å²) in [5.41, 5.74) is 1.12. The van der Waals surface area contributed by atoms with Crippen molar-refractivity contribution in [2.24, 2.45) is 5.92 Å². The molecule has 5 heteroatoms. The number of hydrogen-bond acceptors (Lipinski definition) is 3. The Morgan fingerprint density at radius 3 is 2.61 bits per heavy atom. The molecule has 23 heavy (non-hydrogen) atoms. The normalized spacial score (nSPS) is 23.1. The van der Waals surface area contributed by atoms with E-state index in [-0.39, 0.29) is 23.7 Å². The van der Waals surface area contributed by atoms with Crippen molar-refractivity contribution in [1.29, 1.82) is 0 Å². The molecule has 2 aliphatic heterocycles. The predicted octanol–water partition coefficient (Wildman–Crippen LogP) is 2.33. The molecule has 3 rings (SSSR count). The molecule has 2 fully saturated rings. The third-order valence-corrected chi connectivity index (χ3v) is 4.81. The Bertz CT molecular complexity index is 506. The van der Waals surface area contributed by atoms with Gasteiger partial charge in [0.05, 0.1) is 6.10 Å². The Morgan fingerprint density at radius 2 is 1.96 bits per heavy atom. The zero-order valence-electron chi connectivity index (χ0n) is 13.5. The van der Waals surface area contributed by atoms with Crippen LogP contribution in [0.15, 0.2) is 24.3 Å². The molecule has 1 aromatic rings. The van der Waals surface area contributed by atoms with E-state index in [2.05, 4.69) is 10.2 Å². The summed E-state index contributed by atoms with van der Waals surface area (Å²) >= 11 is 0. The van der Waals surface area contributed by atoms with Gasteiger partial charge in [-0.05, 0) is 56.5 Å². The van der Waals surface area contributed by atoms with Crippen LogP contribution >= 0.6 is 0 Å². The summed E-state index contributed by atoms with van der Waals surface area (Å²) in [6, 6.07) is 6.66. The number of nitrogens with zero attached hydrogens (tertiary/aromatic N) is 1. The number of rotatable bonds is 5. The van der Waals surface area contributed by atoms with E-state index in [1.54, 1.807) is 0 Å². The first-order chi connectivity index (χ1) is 11.2. The highest BCUT2D eigenvalue weighted by Crippen LogP contribution is 2.20. The van der Waals surface area contributed by atoms with Crippen molar-refractivity contribution in [3.8, 4) is 0 Å². The smallest absolute Gasteiger partial charge is 0.223 e. The second-order valence-corrected chi connectivity index (χ2v) is 6.56. The summed E-state index contributed by atoms with van der Waals surface area (Å²) in [5, 5.41) is 3.04. The minimum Gasteiger partial charge on any atom is -0.376 e. The van der Waals surface area contributed by atoms with Crippen molar-refractivity contribution in [1.82, 2.24) is 10.2 Å². The van der Waals surface area contributed by atoms with Crippen LogP contribution in [0.3, 0.4) is 0 Å². The van der Waals surface area contributed by atoms with E-state index in [9.17, 15) is 9.18 Å². The number of carbonyl (C=O) groups excluding carboxylic acids is 1. The van der Waals surface area contributed by atoms with E-state index in [4.69, 9.17) is 4.74 Å². The third kappa shape index (κ3) is 4.75. The summed E-state index contributed by atoms with van der Waals surface area (Å²) < 4.78 is 18.5. The molecule has 0 radical (unpaired) electrons. The second kappa shape index (κ2) is 7.88. The van der Waals surface area contributed by atoms with E-state index in [1.807, 2.05) is 12.1 Å². The summed E-state index contributed by atoms with van der Waals surface area (Å²) in [6.07, 6.45) is 4.13. The van der Waals surface area contributed by atoms with Crippen LogP contribution in [0.25, 0.3) is 0 Å². The topological polar surface area (TPSA) is 41.6 Å². The Balaban J connectivity index is 1.39. The molecule has 0 aromatic heterocycles. The van der Waals surface area contributed by atoms with Crippen LogP contribution in [-0.2, 0) is 16.1 Å². The highest BCUT2D eigenvalue weighted by Gasteiger charge is 2.26. The van der Waals surface area contributed by atoms with Crippen LogP contribution in [0.2, 0.25) is 0 Å². The van der Waals surface area contributed by atoms with Crippen molar-refractivity contribution >= 4 is 5.91 Å². The van der Waals surface area contributed by atoms with E-state index >= 15 is 0 Å². The van der Waals surface area contributed by atoms with Crippen molar-refractivity contribution in [3.63, 3.8) is 0 Å². The van der Waals surface area contributed by atoms with Gasteiger partial charge in [0.15, 0.2) is 0 Å². The van der Waals surface area contributed by atoms with Crippen molar-refractivity contribution in [3.05, 3.63) is 35.6 Å². The summed E-state index contributed by atoms with van der Waals surface area (Å²) in [4.78, 5) is 14.6. The molecule has 4 nitrogen and oxygen atoms in total. The molecule has 0 bridgehead atoms. The molecule has 1 amide bonds. The minimum atomic E-state index is -0.199. The van der Waals surface area contributed by atoms with Gasteiger partial charge in [-0.25, -0.2) is 4.39 Å². The van der Waals surface area contributed by atoms with Crippen molar-refractivity contribution < 1.29 is 13.9 Å². The van der Waals surface area contributed by atoms with Gasteiger partial charge in [0.1, 0.15) is 5.82 Å². The van der Waals surface area contributed by atoms with Crippen LogP contribution < -0.4 is 5.32 Å². The molecule has 0 aliphatic carbocycles. The number of nitrogens with one attached hydrogen (secondary N) is 1. The van der Waals surface area contributed by atoms with Crippen LogP contribution in [0.4, 0.5) is 4.39 Å². The number of carbonyl (C=O) groups is 1. The maximum absolute atomic E-state index is 12.9. The first-order valence-electron chi connectivity index (χ1n) is 8.57. The maximum Gasteiger partial charge on any atom is 0.223 e. The maximum atomic E-state index is 12.9. The fourth-order valence-corrected chi connectivity index (χ4v) is 3.37. The van der Waals surface area contributed by atoms with Gasteiger partial charge >= 0.3 is 0 Å². The molecule has 2 heterocycles. The van der Waals surface area contributed by atoms with Gasteiger partial charge in [-0.1, -0.05) is 12.1 Å². The Kier molecular flexibility index (Phi) is 5.62. The lowest BCUT2D eigenvalue weighted by molar-refractivity contribution is -0.127. The fraction of sp³-hybridized carbons (Fsp3) is 0.611. The number of benzene rings is 1. The van der Waals surface area contributed by atoms with Gasteiger partial charge in [0.25, 0.3) is 0 Å². The standard InChI is InChI=1S/C18H25FN2O2/c19-16-5-3-14(4-6-16)13-21-9-7-15(8-10-21)18(22)20-12-17-2-1-11-23-17/h3-6,15,17H,1-2,7-13H2,(H,20,22)/t17-/m0/s1. The minimum absolute atomic E-state index is 0.112. The summed E-state index contributed by atoms with van der Waals surface area (Å²) in [6.45, 7) is 4.12. The number of likely N-dealkylation sites (tertiary alicyclic amines) is 1. The Labute approximate surface area is 137 Å². The first-order valence-corrected chi connectivity index (χ1v) is 8.57. The average molecular weight is 320 g/mol. The Hall–Kier alpha value is -1.46. The van der Waals surface area contributed by atoms with E-state index in [1.165, 1.54) is 12.1 Å². The quantitative estimate of drug-likeness (QED) is 0.905. The monoisotopic (exact) mass is 320 g/mol. The number of halogens is 1. The molecule has 2 saturated heterocycles. The lowest BCUT2D eigenvalue weighted by Crippen LogP contribution is -2.42. The molecule has 1 aromatic carbocycles. The molecule has 126 valence electrons. The highest BCUT2D eigenvalue weighted by molar-refractivity contribution is 5.78. The zero-order valence-corrected chi connectivity index (χ0v) is 13.5. The number of amides is 1. The highest BCUT2D eigenvalue weighted by atomic mass is 19.1.